The van der Waals surface area contributed by atoms with Crippen LogP contribution in [0.5, 0.6) is 11.5 Å². The fourth-order valence-corrected chi connectivity index (χ4v) is 2.34. The highest BCUT2D eigenvalue weighted by molar-refractivity contribution is 7.13. The zero-order valence-electron chi connectivity index (χ0n) is 10.5. The highest BCUT2D eigenvalue weighted by Crippen LogP contribution is 2.22. The van der Waals surface area contributed by atoms with Crippen LogP contribution < -0.4 is 9.47 Å². The molecule has 5 nitrogen and oxygen atoms in total. The summed E-state index contributed by atoms with van der Waals surface area (Å²) in [5.74, 6) is 0.321. The zero-order valence-corrected chi connectivity index (χ0v) is 11.4. The van der Waals surface area contributed by atoms with E-state index in [1.54, 1.807) is 32.2 Å². The molecule has 0 bridgehead atoms. The fraction of sp³-hybridized carbons (Fsp3) is 0.231. The van der Waals surface area contributed by atoms with Crippen LogP contribution in [0.4, 0.5) is 0 Å². The van der Waals surface area contributed by atoms with E-state index in [2.05, 4.69) is 4.98 Å². The summed E-state index contributed by atoms with van der Waals surface area (Å²) in [6.07, 6.45) is 0. The molecule has 19 heavy (non-hydrogen) atoms. The lowest BCUT2D eigenvalue weighted by atomic mass is 10.3. The van der Waals surface area contributed by atoms with Gasteiger partial charge in [0.25, 0.3) is 0 Å². The van der Waals surface area contributed by atoms with E-state index in [9.17, 15) is 4.79 Å². The number of nitrogens with zero attached hydrogens (tertiary/aromatic N) is 1. The van der Waals surface area contributed by atoms with Gasteiger partial charge in [0.05, 0.1) is 12.1 Å². The minimum absolute atomic E-state index is 0.124. The summed E-state index contributed by atoms with van der Waals surface area (Å²) in [6, 6.07) is 7.13. The average Bonchev–Trinajstić information content (AvgIpc) is 2.78. The topological polar surface area (TPSA) is 68.7 Å². The number of aromatic nitrogens is 1. The maximum Gasteiger partial charge on any atom is 0.347 e. The van der Waals surface area contributed by atoms with Crippen LogP contribution in [0.1, 0.15) is 20.4 Å². The van der Waals surface area contributed by atoms with Crippen molar-refractivity contribution < 1.29 is 19.4 Å². The van der Waals surface area contributed by atoms with Crippen LogP contribution in [0.15, 0.2) is 24.3 Å². The third kappa shape index (κ3) is 3.23. The molecular formula is C13H13NO4S. The van der Waals surface area contributed by atoms with E-state index in [-0.39, 0.29) is 11.5 Å². The molecule has 0 saturated carbocycles. The maximum atomic E-state index is 11.0. The highest BCUT2D eigenvalue weighted by Gasteiger charge is 2.16. The number of ether oxygens (including phenoxy) is 2. The van der Waals surface area contributed by atoms with Crippen LogP contribution in [-0.2, 0) is 6.61 Å². The molecule has 1 aromatic carbocycles. The average molecular weight is 279 g/mol. The summed E-state index contributed by atoms with van der Waals surface area (Å²) in [5, 5.41) is 9.76. The van der Waals surface area contributed by atoms with Gasteiger partial charge in [-0.1, -0.05) is 6.07 Å². The highest BCUT2D eigenvalue weighted by atomic mass is 32.1. The van der Waals surface area contributed by atoms with E-state index < -0.39 is 5.97 Å². The first kappa shape index (κ1) is 13.4. The molecular weight excluding hydrogens is 266 g/mol. The first-order chi connectivity index (χ1) is 9.10. The van der Waals surface area contributed by atoms with Gasteiger partial charge in [-0.2, -0.15) is 0 Å². The largest absolute Gasteiger partial charge is 0.497 e. The molecule has 1 N–H and O–H groups in total. The molecule has 1 heterocycles. The molecule has 0 unspecified atom stereocenters. The van der Waals surface area contributed by atoms with Crippen LogP contribution in [0.25, 0.3) is 0 Å². The van der Waals surface area contributed by atoms with E-state index in [1.165, 1.54) is 0 Å². The molecule has 0 spiro atoms. The maximum absolute atomic E-state index is 11.0. The molecule has 0 saturated heterocycles. The van der Waals surface area contributed by atoms with E-state index in [0.29, 0.717) is 22.2 Å². The molecule has 2 rings (SSSR count). The van der Waals surface area contributed by atoms with Crippen LogP contribution in [0, 0.1) is 6.92 Å². The van der Waals surface area contributed by atoms with E-state index in [0.717, 1.165) is 11.3 Å². The van der Waals surface area contributed by atoms with E-state index >= 15 is 0 Å². The summed E-state index contributed by atoms with van der Waals surface area (Å²) >= 11 is 1.15. The number of aromatic carboxylic acids is 1. The number of thiazole rings is 1. The van der Waals surface area contributed by atoms with Crippen LogP contribution in [0.3, 0.4) is 0 Å². The SMILES string of the molecule is COc1cccc(OCc2nc(C)sc2C(=O)O)c1. The normalized spacial score (nSPS) is 10.2. The number of carboxylic acid groups (broad SMARTS) is 1. The molecule has 1 aromatic heterocycles. The van der Waals surface area contributed by atoms with Crippen molar-refractivity contribution >= 4 is 17.3 Å². The number of aryl methyl sites for hydroxylation is 1. The van der Waals surface area contributed by atoms with Gasteiger partial charge in [0.1, 0.15) is 28.7 Å². The molecule has 0 atom stereocenters. The minimum atomic E-state index is -0.977. The number of carbonyl (C=O) groups is 1. The van der Waals surface area contributed by atoms with E-state index in [4.69, 9.17) is 14.6 Å². The Labute approximate surface area is 114 Å². The quantitative estimate of drug-likeness (QED) is 0.911. The molecule has 0 amide bonds. The second-order valence-corrected chi connectivity index (χ2v) is 4.98. The third-order valence-electron chi connectivity index (χ3n) is 2.42. The fourth-order valence-electron chi connectivity index (χ4n) is 1.58. The molecule has 0 aliphatic rings. The zero-order chi connectivity index (χ0) is 13.8. The summed E-state index contributed by atoms with van der Waals surface area (Å²) in [6.45, 7) is 1.89. The standard InChI is InChI=1S/C13H13NO4S/c1-8-14-11(12(19-8)13(15)16)7-18-10-5-3-4-9(6-10)17-2/h3-6H,7H2,1-2H3,(H,15,16). The second-order valence-electron chi connectivity index (χ2n) is 3.78. The summed E-state index contributed by atoms with van der Waals surface area (Å²) in [7, 11) is 1.57. The van der Waals surface area contributed by atoms with Gasteiger partial charge in [0, 0.05) is 6.07 Å². The van der Waals surface area contributed by atoms with Crippen molar-refractivity contribution in [1.29, 1.82) is 0 Å². The van der Waals surface area contributed by atoms with Gasteiger partial charge in [-0.05, 0) is 19.1 Å². The number of carboxylic acids is 1. The van der Waals surface area contributed by atoms with Gasteiger partial charge in [0.15, 0.2) is 0 Å². The molecule has 0 radical (unpaired) electrons. The van der Waals surface area contributed by atoms with Crippen LogP contribution in [0.2, 0.25) is 0 Å². The predicted molar refractivity (Wildman–Crippen MR) is 71.1 cm³/mol. The van der Waals surface area contributed by atoms with Crippen molar-refractivity contribution in [3.8, 4) is 11.5 Å². The molecule has 0 aliphatic heterocycles. The Morgan fingerprint density at radius 2 is 2.16 bits per heavy atom. The lowest BCUT2D eigenvalue weighted by molar-refractivity contribution is 0.0699. The lowest BCUT2D eigenvalue weighted by Gasteiger charge is -2.06. The molecule has 0 aliphatic carbocycles. The Bertz CT molecular complexity index is 594. The smallest absolute Gasteiger partial charge is 0.347 e. The van der Waals surface area contributed by atoms with Gasteiger partial charge in [-0.15, -0.1) is 11.3 Å². The van der Waals surface area contributed by atoms with Crippen molar-refractivity contribution in [3.05, 3.63) is 39.8 Å². The van der Waals surface area contributed by atoms with Crippen molar-refractivity contribution in [2.45, 2.75) is 13.5 Å². The van der Waals surface area contributed by atoms with E-state index in [1.807, 2.05) is 6.07 Å². The Morgan fingerprint density at radius 1 is 1.42 bits per heavy atom. The number of methoxy groups -OCH3 is 1. The first-order valence-electron chi connectivity index (χ1n) is 5.56. The molecule has 0 fully saturated rings. The second kappa shape index (κ2) is 5.71. The number of rotatable bonds is 5. The number of benzene rings is 1. The van der Waals surface area contributed by atoms with Crippen molar-refractivity contribution in [1.82, 2.24) is 4.98 Å². The summed E-state index contributed by atoms with van der Waals surface area (Å²) in [4.78, 5) is 15.4. The van der Waals surface area contributed by atoms with Gasteiger partial charge in [0.2, 0.25) is 0 Å². The first-order valence-corrected chi connectivity index (χ1v) is 6.38. The Hall–Kier alpha value is -2.08. The molecule has 100 valence electrons. The third-order valence-corrected chi connectivity index (χ3v) is 3.42. The van der Waals surface area contributed by atoms with Crippen molar-refractivity contribution in [2.75, 3.05) is 7.11 Å². The molecule has 6 heteroatoms. The Morgan fingerprint density at radius 3 is 2.84 bits per heavy atom. The van der Waals surface area contributed by atoms with Crippen LogP contribution in [-0.4, -0.2) is 23.2 Å². The predicted octanol–water partition coefficient (Wildman–Crippen LogP) is 2.74. The Kier molecular flexibility index (Phi) is 4.01. The van der Waals surface area contributed by atoms with Crippen molar-refractivity contribution in [2.24, 2.45) is 0 Å². The van der Waals surface area contributed by atoms with Gasteiger partial charge in [-0.3, -0.25) is 0 Å². The summed E-state index contributed by atoms with van der Waals surface area (Å²) in [5.41, 5.74) is 0.442. The Balaban J connectivity index is 2.11. The van der Waals surface area contributed by atoms with Gasteiger partial charge < -0.3 is 14.6 Å². The van der Waals surface area contributed by atoms with Gasteiger partial charge >= 0.3 is 5.97 Å². The number of hydrogen-bond donors (Lipinski definition) is 1. The van der Waals surface area contributed by atoms with Crippen molar-refractivity contribution in [3.63, 3.8) is 0 Å². The monoisotopic (exact) mass is 279 g/mol. The van der Waals surface area contributed by atoms with Crippen LogP contribution >= 0.6 is 11.3 Å². The molecule has 2 aromatic rings. The van der Waals surface area contributed by atoms with Gasteiger partial charge in [-0.25, -0.2) is 9.78 Å². The lowest BCUT2D eigenvalue weighted by Crippen LogP contribution is -2.03. The minimum Gasteiger partial charge on any atom is -0.497 e. The number of hydrogen-bond acceptors (Lipinski definition) is 5. The summed E-state index contributed by atoms with van der Waals surface area (Å²) < 4.78 is 10.6.